The van der Waals surface area contributed by atoms with Crippen LogP contribution >= 0.6 is 0 Å². The van der Waals surface area contributed by atoms with Crippen molar-refractivity contribution in [2.24, 2.45) is 0 Å². The molecule has 0 fully saturated rings. The van der Waals surface area contributed by atoms with Gasteiger partial charge >= 0.3 is 0 Å². The summed E-state index contributed by atoms with van der Waals surface area (Å²) >= 11 is 0. The lowest BCUT2D eigenvalue weighted by Gasteiger charge is -2.27. The highest BCUT2D eigenvalue weighted by molar-refractivity contribution is 6.04. The van der Waals surface area contributed by atoms with Gasteiger partial charge in [-0.2, -0.15) is 0 Å². The predicted molar refractivity (Wildman–Crippen MR) is 118 cm³/mol. The number of benzene rings is 2. The molecule has 0 radical (unpaired) electrons. The first kappa shape index (κ1) is 19.6. The first-order valence-corrected chi connectivity index (χ1v) is 10.3. The van der Waals surface area contributed by atoms with E-state index in [4.69, 9.17) is 4.98 Å². The maximum absolute atomic E-state index is 15.2. The lowest BCUT2D eigenvalue weighted by molar-refractivity contribution is 0.230. The summed E-state index contributed by atoms with van der Waals surface area (Å²) in [7, 11) is 0. The largest absolute Gasteiger partial charge is 0.507 e. The zero-order valence-corrected chi connectivity index (χ0v) is 17.5. The average Bonchev–Trinajstić information content (AvgIpc) is 3.20. The van der Waals surface area contributed by atoms with Gasteiger partial charge in [-0.1, -0.05) is 38.1 Å². The Labute approximate surface area is 171 Å². The first-order chi connectivity index (χ1) is 14.0. The third-order valence-electron chi connectivity index (χ3n) is 6.19. The molecule has 1 N–H and O–H groups in total. The SMILES string of the molecule is CCN(CC)C(C)c1ccc(-c2c(O)ccc3nc(C)c4c(c23)C=CC4)cc1F. The highest BCUT2D eigenvalue weighted by atomic mass is 19.1. The molecule has 1 atom stereocenters. The minimum atomic E-state index is -0.245. The molecule has 4 heteroatoms. The van der Waals surface area contributed by atoms with Crippen molar-refractivity contribution < 1.29 is 9.50 Å². The smallest absolute Gasteiger partial charge is 0.128 e. The van der Waals surface area contributed by atoms with Gasteiger partial charge in [0.1, 0.15) is 11.6 Å². The van der Waals surface area contributed by atoms with E-state index in [9.17, 15) is 5.11 Å². The minimum Gasteiger partial charge on any atom is -0.507 e. The molecule has 0 aliphatic heterocycles. The second-order valence-electron chi connectivity index (χ2n) is 7.68. The summed E-state index contributed by atoms with van der Waals surface area (Å²) in [6.07, 6.45) is 5.04. The third-order valence-corrected chi connectivity index (χ3v) is 6.19. The Hall–Kier alpha value is -2.72. The monoisotopic (exact) mass is 390 g/mol. The molecule has 0 saturated heterocycles. The van der Waals surface area contributed by atoms with E-state index in [1.165, 1.54) is 5.56 Å². The molecular weight excluding hydrogens is 363 g/mol. The van der Waals surface area contributed by atoms with Gasteiger partial charge in [0.05, 0.1) is 5.52 Å². The van der Waals surface area contributed by atoms with Crippen molar-refractivity contribution in [3.63, 3.8) is 0 Å². The Morgan fingerprint density at radius 2 is 1.93 bits per heavy atom. The van der Waals surface area contributed by atoms with Crippen LogP contribution in [0, 0.1) is 12.7 Å². The van der Waals surface area contributed by atoms with Gasteiger partial charge < -0.3 is 5.11 Å². The number of aryl methyl sites for hydroxylation is 1. The number of aromatic hydroxyl groups is 1. The van der Waals surface area contributed by atoms with Crippen LogP contribution in [0.4, 0.5) is 4.39 Å². The van der Waals surface area contributed by atoms with Crippen LogP contribution in [0.15, 0.2) is 36.4 Å². The van der Waals surface area contributed by atoms with Gasteiger partial charge in [-0.25, -0.2) is 4.39 Å². The summed E-state index contributed by atoms with van der Waals surface area (Å²) in [5.41, 5.74) is 6.09. The van der Waals surface area contributed by atoms with Crippen molar-refractivity contribution in [3.05, 3.63) is 64.6 Å². The van der Waals surface area contributed by atoms with Crippen molar-refractivity contribution in [2.45, 2.75) is 40.2 Å². The Morgan fingerprint density at radius 3 is 2.62 bits per heavy atom. The predicted octanol–water partition coefficient (Wildman–Crippen LogP) is 6.03. The van der Waals surface area contributed by atoms with Crippen LogP contribution in [-0.4, -0.2) is 28.1 Å². The van der Waals surface area contributed by atoms with Gasteiger partial charge in [0.2, 0.25) is 0 Å². The Kier molecular flexibility index (Phi) is 5.13. The molecule has 1 aromatic heterocycles. The lowest BCUT2D eigenvalue weighted by Crippen LogP contribution is -2.27. The van der Waals surface area contributed by atoms with Gasteiger partial charge in [-0.05, 0) is 68.2 Å². The first-order valence-electron chi connectivity index (χ1n) is 10.3. The quantitative estimate of drug-likeness (QED) is 0.578. The Morgan fingerprint density at radius 1 is 1.17 bits per heavy atom. The summed E-state index contributed by atoms with van der Waals surface area (Å²) in [6.45, 7) is 9.96. The van der Waals surface area contributed by atoms with Crippen LogP contribution in [0.2, 0.25) is 0 Å². The normalized spacial score (nSPS) is 14.0. The molecule has 0 saturated carbocycles. The fraction of sp³-hybridized carbons (Fsp3) is 0.320. The topological polar surface area (TPSA) is 36.4 Å². The molecule has 3 aromatic rings. The maximum Gasteiger partial charge on any atom is 0.128 e. The molecule has 1 heterocycles. The van der Waals surface area contributed by atoms with E-state index < -0.39 is 0 Å². The lowest BCUT2D eigenvalue weighted by atomic mass is 9.92. The van der Waals surface area contributed by atoms with Crippen molar-refractivity contribution in [1.29, 1.82) is 0 Å². The molecule has 150 valence electrons. The number of hydrogen-bond acceptors (Lipinski definition) is 3. The average molecular weight is 391 g/mol. The van der Waals surface area contributed by atoms with Crippen LogP contribution < -0.4 is 0 Å². The third kappa shape index (κ3) is 3.22. The van der Waals surface area contributed by atoms with Gasteiger partial charge in [0.25, 0.3) is 0 Å². The zero-order valence-electron chi connectivity index (χ0n) is 17.5. The fourth-order valence-corrected chi connectivity index (χ4v) is 4.56. The Bertz CT molecular complexity index is 1120. The number of rotatable bonds is 5. The standard InChI is InChI=1S/C25H27FN2O/c1-5-28(6-2)16(4)19-11-10-17(14-21(19)26)24-23(29)13-12-22-25(24)20-9-7-8-18(20)15(3)27-22/h7,9-14,16,29H,5-6,8H2,1-4H3. The van der Waals surface area contributed by atoms with Crippen LogP contribution in [0.3, 0.4) is 0 Å². The number of hydrogen-bond donors (Lipinski definition) is 1. The van der Waals surface area contributed by atoms with Crippen LogP contribution in [0.25, 0.3) is 28.1 Å². The van der Waals surface area contributed by atoms with Crippen molar-refractivity contribution >= 4 is 17.0 Å². The van der Waals surface area contributed by atoms with E-state index in [2.05, 4.69) is 30.9 Å². The second-order valence-corrected chi connectivity index (χ2v) is 7.68. The van der Waals surface area contributed by atoms with Crippen LogP contribution in [0.5, 0.6) is 5.75 Å². The molecule has 0 bridgehead atoms. The molecule has 29 heavy (non-hydrogen) atoms. The van der Waals surface area contributed by atoms with Gasteiger partial charge in [0.15, 0.2) is 0 Å². The van der Waals surface area contributed by atoms with E-state index >= 15 is 4.39 Å². The van der Waals surface area contributed by atoms with Crippen LogP contribution in [0.1, 0.15) is 49.2 Å². The van der Waals surface area contributed by atoms with E-state index in [1.807, 2.05) is 32.0 Å². The van der Waals surface area contributed by atoms with E-state index in [0.717, 1.165) is 41.7 Å². The van der Waals surface area contributed by atoms with E-state index in [1.54, 1.807) is 12.1 Å². The summed E-state index contributed by atoms with van der Waals surface area (Å²) < 4.78 is 15.2. The number of halogens is 1. The molecule has 0 spiro atoms. The molecule has 1 aliphatic rings. The van der Waals surface area contributed by atoms with E-state index in [0.29, 0.717) is 16.7 Å². The highest BCUT2D eigenvalue weighted by Gasteiger charge is 2.22. The number of allylic oxidation sites excluding steroid dienone is 1. The molecule has 3 nitrogen and oxygen atoms in total. The summed E-state index contributed by atoms with van der Waals surface area (Å²) in [4.78, 5) is 6.96. The number of pyridine rings is 1. The minimum absolute atomic E-state index is 0.00309. The zero-order chi connectivity index (χ0) is 20.7. The van der Waals surface area contributed by atoms with Crippen LogP contribution in [-0.2, 0) is 6.42 Å². The molecule has 1 aliphatic carbocycles. The fourth-order valence-electron chi connectivity index (χ4n) is 4.56. The van der Waals surface area contributed by atoms with Crippen molar-refractivity contribution in [3.8, 4) is 16.9 Å². The Balaban J connectivity index is 1.90. The molecule has 0 amide bonds. The number of aromatic nitrogens is 1. The van der Waals surface area contributed by atoms with E-state index in [-0.39, 0.29) is 17.6 Å². The van der Waals surface area contributed by atoms with Crippen molar-refractivity contribution in [2.75, 3.05) is 13.1 Å². The molecule has 2 aromatic carbocycles. The second kappa shape index (κ2) is 7.60. The van der Waals surface area contributed by atoms with Gasteiger partial charge in [-0.3, -0.25) is 9.88 Å². The summed E-state index contributed by atoms with van der Waals surface area (Å²) in [5.74, 6) is -0.0971. The van der Waals surface area contributed by atoms with Gasteiger partial charge in [0, 0.05) is 28.2 Å². The number of fused-ring (bicyclic) bond motifs is 3. The molecule has 1 unspecified atom stereocenters. The number of phenols is 1. The maximum atomic E-state index is 15.2. The molecular formula is C25H27FN2O. The number of phenolic OH excluding ortho intramolecular Hbond substituents is 1. The highest BCUT2D eigenvalue weighted by Crippen LogP contribution is 2.41. The summed E-state index contributed by atoms with van der Waals surface area (Å²) in [5, 5.41) is 11.6. The summed E-state index contributed by atoms with van der Waals surface area (Å²) in [6, 6.07) is 8.80. The molecule has 4 rings (SSSR count). The van der Waals surface area contributed by atoms with Crippen molar-refractivity contribution in [1.82, 2.24) is 9.88 Å². The van der Waals surface area contributed by atoms with Gasteiger partial charge in [-0.15, -0.1) is 0 Å². The number of nitrogens with zero attached hydrogens (tertiary/aromatic N) is 2.